The van der Waals surface area contributed by atoms with E-state index in [2.05, 4.69) is 24.3 Å². The number of rotatable bonds is 9. The topological polar surface area (TPSA) is 50.4 Å². The third-order valence-corrected chi connectivity index (χ3v) is 4.79. The molecule has 140 valence electrons. The van der Waals surface area contributed by atoms with Crippen LogP contribution >= 0.6 is 0 Å². The lowest BCUT2D eigenvalue weighted by Gasteiger charge is -2.06. The standard InChI is InChI=1S/C24H26O3/c25-23-18-21(16-8-7-14-19-10-3-1-4-11-19)27-24(26)22(23)17-9-15-20-12-5-2-6-13-20/h1-6,10-13,18,25H,7-9,14-17H2. The lowest BCUT2D eigenvalue weighted by molar-refractivity contribution is 0.407. The summed E-state index contributed by atoms with van der Waals surface area (Å²) in [6.07, 6.45) is 5.82. The maximum Gasteiger partial charge on any atom is 0.342 e. The maximum absolute atomic E-state index is 12.2. The summed E-state index contributed by atoms with van der Waals surface area (Å²) < 4.78 is 5.43. The van der Waals surface area contributed by atoms with Crippen molar-refractivity contribution in [1.82, 2.24) is 0 Å². The van der Waals surface area contributed by atoms with Crippen LogP contribution in [0.15, 0.2) is 75.9 Å². The molecular weight excluding hydrogens is 336 g/mol. The number of hydrogen-bond donors (Lipinski definition) is 1. The summed E-state index contributed by atoms with van der Waals surface area (Å²) >= 11 is 0. The monoisotopic (exact) mass is 362 g/mol. The van der Waals surface area contributed by atoms with Gasteiger partial charge < -0.3 is 9.52 Å². The zero-order valence-corrected chi connectivity index (χ0v) is 15.6. The predicted octanol–water partition coefficient (Wildman–Crippen LogP) is 5.09. The fraction of sp³-hybridized carbons (Fsp3) is 0.292. The van der Waals surface area contributed by atoms with Crippen LogP contribution in [-0.4, -0.2) is 5.11 Å². The molecule has 0 spiro atoms. The summed E-state index contributed by atoms with van der Waals surface area (Å²) in [4.78, 5) is 12.2. The van der Waals surface area contributed by atoms with Crippen molar-refractivity contribution < 1.29 is 9.52 Å². The third kappa shape index (κ3) is 5.85. The molecule has 0 aliphatic heterocycles. The Kier molecular flexibility index (Phi) is 6.86. The average molecular weight is 362 g/mol. The molecule has 0 bridgehead atoms. The van der Waals surface area contributed by atoms with Crippen LogP contribution in [0, 0.1) is 0 Å². The number of aryl methyl sites for hydroxylation is 3. The fourth-order valence-corrected chi connectivity index (χ4v) is 3.29. The zero-order chi connectivity index (χ0) is 18.9. The Morgan fingerprint density at radius 3 is 1.85 bits per heavy atom. The van der Waals surface area contributed by atoms with Crippen LogP contribution in [0.4, 0.5) is 0 Å². The first kappa shape index (κ1) is 19.0. The largest absolute Gasteiger partial charge is 0.507 e. The Morgan fingerprint density at radius 2 is 1.26 bits per heavy atom. The first-order chi connectivity index (χ1) is 13.2. The summed E-state index contributed by atoms with van der Waals surface area (Å²) in [5.74, 6) is 0.634. The highest BCUT2D eigenvalue weighted by Gasteiger charge is 2.11. The molecule has 0 amide bonds. The van der Waals surface area contributed by atoms with Crippen LogP contribution in [0.3, 0.4) is 0 Å². The van der Waals surface area contributed by atoms with Gasteiger partial charge in [0.2, 0.25) is 0 Å². The Morgan fingerprint density at radius 1 is 0.704 bits per heavy atom. The van der Waals surface area contributed by atoms with E-state index in [1.807, 2.05) is 36.4 Å². The molecule has 1 N–H and O–H groups in total. The van der Waals surface area contributed by atoms with Crippen molar-refractivity contribution in [3.8, 4) is 5.75 Å². The number of hydrogen-bond acceptors (Lipinski definition) is 3. The molecular formula is C24H26O3. The van der Waals surface area contributed by atoms with E-state index in [-0.39, 0.29) is 5.75 Å². The van der Waals surface area contributed by atoms with E-state index in [4.69, 9.17) is 4.42 Å². The molecule has 1 heterocycles. The molecule has 0 atom stereocenters. The second-order valence-electron chi connectivity index (χ2n) is 6.90. The second kappa shape index (κ2) is 9.77. The molecule has 3 heteroatoms. The minimum absolute atomic E-state index is 0.0670. The minimum atomic E-state index is -0.402. The van der Waals surface area contributed by atoms with E-state index in [9.17, 15) is 9.90 Å². The Hall–Kier alpha value is -2.81. The van der Waals surface area contributed by atoms with E-state index in [0.717, 1.165) is 32.1 Å². The highest BCUT2D eigenvalue weighted by molar-refractivity contribution is 5.30. The van der Waals surface area contributed by atoms with Gasteiger partial charge in [-0.2, -0.15) is 0 Å². The Bertz CT molecular complexity index is 883. The Balaban J connectivity index is 1.49. The van der Waals surface area contributed by atoms with E-state index in [1.165, 1.54) is 11.1 Å². The SMILES string of the molecule is O=c1oc(CCCCc2ccccc2)cc(O)c1CCCc1ccccc1. The van der Waals surface area contributed by atoms with Crippen LogP contribution in [0.2, 0.25) is 0 Å². The Labute approximate surface area is 160 Å². The van der Waals surface area contributed by atoms with Crippen LogP contribution in [0.5, 0.6) is 5.75 Å². The van der Waals surface area contributed by atoms with Gasteiger partial charge in [0.15, 0.2) is 0 Å². The summed E-state index contributed by atoms with van der Waals surface area (Å²) in [5.41, 5.74) is 2.53. The molecule has 27 heavy (non-hydrogen) atoms. The van der Waals surface area contributed by atoms with Crippen LogP contribution < -0.4 is 5.63 Å². The number of aromatic hydroxyl groups is 1. The molecule has 0 aliphatic carbocycles. The van der Waals surface area contributed by atoms with Crippen LogP contribution in [0.25, 0.3) is 0 Å². The highest BCUT2D eigenvalue weighted by Crippen LogP contribution is 2.19. The summed E-state index contributed by atoms with van der Waals surface area (Å²) in [6.45, 7) is 0. The van der Waals surface area contributed by atoms with Gasteiger partial charge in [-0.25, -0.2) is 4.79 Å². The van der Waals surface area contributed by atoms with E-state index < -0.39 is 5.63 Å². The molecule has 3 aromatic rings. The van der Waals surface area contributed by atoms with Gasteiger partial charge in [0.05, 0.1) is 5.56 Å². The molecule has 0 saturated carbocycles. The van der Waals surface area contributed by atoms with E-state index in [0.29, 0.717) is 24.2 Å². The van der Waals surface area contributed by atoms with E-state index >= 15 is 0 Å². The smallest absolute Gasteiger partial charge is 0.342 e. The molecule has 3 nitrogen and oxygen atoms in total. The van der Waals surface area contributed by atoms with Crippen molar-refractivity contribution in [2.24, 2.45) is 0 Å². The van der Waals surface area contributed by atoms with Crippen LogP contribution in [-0.2, 0) is 25.7 Å². The van der Waals surface area contributed by atoms with E-state index in [1.54, 1.807) is 6.07 Å². The van der Waals surface area contributed by atoms with Gasteiger partial charge in [-0.3, -0.25) is 0 Å². The van der Waals surface area contributed by atoms with Gasteiger partial charge in [-0.15, -0.1) is 0 Å². The van der Waals surface area contributed by atoms with Gasteiger partial charge in [0.1, 0.15) is 11.5 Å². The first-order valence-corrected chi connectivity index (χ1v) is 9.65. The van der Waals surface area contributed by atoms with Crippen molar-refractivity contribution in [3.05, 3.63) is 99.6 Å². The lowest BCUT2D eigenvalue weighted by atomic mass is 10.0. The molecule has 1 aromatic heterocycles. The predicted molar refractivity (Wildman–Crippen MR) is 108 cm³/mol. The van der Waals surface area contributed by atoms with Gasteiger partial charge in [-0.05, 0) is 49.7 Å². The first-order valence-electron chi connectivity index (χ1n) is 9.65. The van der Waals surface area contributed by atoms with Crippen molar-refractivity contribution in [3.63, 3.8) is 0 Å². The summed E-state index contributed by atoms with van der Waals surface area (Å²) in [6, 6.07) is 22.1. The molecule has 2 aromatic carbocycles. The van der Waals surface area contributed by atoms with Gasteiger partial charge >= 0.3 is 5.63 Å². The average Bonchev–Trinajstić information content (AvgIpc) is 2.69. The number of benzene rings is 2. The molecule has 0 unspecified atom stereocenters. The molecule has 0 saturated heterocycles. The van der Waals surface area contributed by atoms with Gasteiger partial charge in [0.25, 0.3) is 0 Å². The van der Waals surface area contributed by atoms with Crippen molar-refractivity contribution in [2.45, 2.75) is 44.9 Å². The van der Waals surface area contributed by atoms with Crippen molar-refractivity contribution >= 4 is 0 Å². The third-order valence-electron chi connectivity index (χ3n) is 4.79. The molecule has 0 radical (unpaired) electrons. The summed E-state index contributed by atoms with van der Waals surface area (Å²) in [7, 11) is 0. The van der Waals surface area contributed by atoms with Crippen molar-refractivity contribution in [1.29, 1.82) is 0 Å². The van der Waals surface area contributed by atoms with Gasteiger partial charge in [-0.1, -0.05) is 60.7 Å². The quantitative estimate of drug-likeness (QED) is 0.540. The lowest BCUT2D eigenvalue weighted by Crippen LogP contribution is -2.10. The molecule has 0 fully saturated rings. The zero-order valence-electron chi connectivity index (χ0n) is 15.6. The normalized spacial score (nSPS) is 10.8. The highest BCUT2D eigenvalue weighted by atomic mass is 16.4. The molecule has 3 rings (SSSR count). The maximum atomic E-state index is 12.2. The fourth-order valence-electron chi connectivity index (χ4n) is 3.29. The molecule has 0 aliphatic rings. The number of unbranched alkanes of at least 4 members (excludes halogenated alkanes) is 1. The van der Waals surface area contributed by atoms with Crippen LogP contribution in [0.1, 0.15) is 41.7 Å². The minimum Gasteiger partial charge on any atom is -0.507 e. The van der Waals surface area contributed by atoms with Crippen molar-refractivity contribution in [2.75, 3.05) is 0 Å². The second-order valence-corrected chi connectivity index (χ2v) is 6.90. The summed E-state index contributed by atoms with van der Waals surface area (Å²) in [5, 5.41) is 10.2. The van der Waals surface area contributed by atoms with Gasteiger partial charge in [0, 0.05) is 12.5 Å².